The normalized spacial score (nSPS) is 15.3. The Kier molecular flexibility index (Phi) is 8.12. The number of benzene rings is 1. The fourth-order valence-electron chi connectivity index (χ4n) is 3.40. The predicted molar refractivity (Wildman–Crippen MR) is 118 cm³/mol. The molecule has 0 spiro atoms. The van der Waals surface area contributed by atoms with Crippen LogP contribution < -0.4 is 15.5 Å². The molecule has 1 fully saturated rings. The van der Waals surface area contributed by atoms with Gasteiger partial charge in [0.05, 0.1) is 6.10 Å². The summed E-state index contributed by atoms with van der Waals surface area (Å²) in [6, 6.07) is 12.6. The lowest BCUT2D eigenvalue weighted by atomic mass is 10.1. The Morgan fingerprint density at radius 3 is 2.61 bits per heavy atom. The standard InChI is InChI=1S/C23H28N4O4/c1-17-7-2-3-9-19(17)27(16-22(29)25-15-18-8-6-14-31-18)23(30)12-11-21(28)26-20-10-4-5-13-24-20/h2-5,7,9-10,13,18H,6,8,11-12,14-16H2,1H3,(H,25,29)(H,24,26,28)/t18-/m1/s1. The van der Waals surface area contributed by atoms with Crippen molar-refractivity contribution in [3.8, 4) is 0 Å². The molecular formula is C23H28N4O4. The molecule has 1 saturated heterocycles. The summed E-state index contributed by atoms with van der Waals surface area (Å²) in [5.41, 5.74) is 1.53. The highest BCUT2D eigenvalue weighted by Crippen LogP contribution is 2.21. The van der Waals surface area contributed by atoms with E-state index < -0.39 is 0 Å². The summed E-state index contributed by atoms with van der Waals surface area (Å²) in [7, 11) is 0. The van der Waals surface area contributed by atoms with Gasteiger partial charge in [0.25, 0.3) is 0 Å². The fourth-order valence-corrected chi connectivity index (χ4v) is 3.40. The van der Waals surface area contributed by atoms with Gasteiger partial charge < -0.3 is 20.3 Å². The molecule has 1 aliphatic rings. The molecule has 1 aromatic heterocycles. The summed E-state index contributed by atoms with van der Waals surface area (Å²) in [5, 5.41) is 5.52. The number of hydrogen-bond acceptors (Lipinski definition) is 5. The van der Waals surface area contributed by atoms with Crippen molar-refractivity contribution in [1.29, 1.82) is 0 Å². The maximum atomic E-state index is 13.0. The lowest BCUT2D eigenvalue weighted by Crippen LogP contribution is -2.43. The monoisotopic (exact) mass is 424 g/mol. The molecule has 0 radical (unpaired) electrons. The number of nitrogens with one attached hydrogen (secondary N) is 2. The summed E-state index contributed by atoms with van der Waals surface area (Å²) in [6.45, 7) is 2.92. The van der Waals surface area contributed by atoms with E-state index in [1.807, 2.05) is 25.1 Å². The van der Waals surface area contributed by atoms with E-state index >= 15 is 0 Å². The van der Waals surface area contributed by atoms with Gasteiger partial charge >= 0.3 is 0 Å². The summed E-state index contributed by atoms with van der Waals surface area (Å²) < 4.78 is 5.53. The van der Waals surface area contributed by atoms with E-state index in [2.05, 4.69) is 15.6 Å². The first-order valence-electron chi connectivity index (χ1n) is 10.5. The average Bonchev–Trinajstić information content (AvgIpc) is 3.29. The molecule has 31 heavy (non-hydrogen) atoms. The minimum atomic E-state index is -0.306. The summed E-state index contributed by atoms with van der Waals surface area (Å²) in [5.74, 6) is -0.424. The predicted octanol–water partition coefficient (Wildman–Crippen LogP) is 2.44. The van der Waals surface area contributed by atoms with Crippen LogP contribution in [0.4, 0.5) is 11.5 Å². The van der Waals surface area contributed by atoms with Crippen molar-refractivity contribution in [3.05, 3.63) is 54.2 Å². The number of hydrogen-bond donors (Lipinski definition) is 2. The van der Waals surface area contributed by atoms with Crippen molar-refractivity contribution in [3.63, 3.8) is 0 Å². The highest BCUT2D eigenvalue weighted by Gasteiger charge is 2.22. The van der Waals surface area contributed by atoms with Gasteiger partial charge in [-0.15, -0.1) is 0 Å². The molecular weight excluding hydrogens is 396 g/mol. The van der Waals surface area contributed by atoms with Crippen LogP contribution in [0.25, 0.3) is 0 Å². The second-order valence-corrected chi connectivity index (χ2v) is 7.47. The van der Waals surface area contributed by atoms with Crippen LogP contribution in [0.5, 0.6) is 0 Å². The average molecular weight is 425 g/mol. The number of anilines is 2. The minimum Gasteiger partial charge on any atom is -0.376 e. The van der Waals surface area contributed by atoms with Crippen LogP contribution in [-0.4, -0.2) is 48.5 Å². The van der Waals surface area contributed by atoms with Crippen molar-refractivity contribution in [2.45, 2.75) is 38.7 Å². The number of para-hydroxylation sites is 1. The molecule has 3 amide bonds. The lowest BCUT2D eigenvalue weighted by molar-refractivity contribution is -0.125. The Morgan fingerprint density at radius 1 is 1.10 bits per heavy atom. The Morgan fingerprint density at radius 2 is 1.90 bits per heavy atom. The maximum absolute atomic E-state index is 13.0. The van der Waals surface area contributed by atoms with Gasteiger partial charge in [0.1, 0.15) is 12.4 Å². The van der Waals surface area contributed by atoms with Gasteiger partial charge in [0.15, 0.2) is 0 Å². The van der Waals surface area contributed by atoms with Gasteiger partial charge in [0.2, 0.25) is 17.7 Å². The molecule has 1 aliphatic heterocycles. The smallest absolute Gasteiger partial charge is 0.240 e. The van der Waals surface area contributed by atoms with Crippen molar-refractivity contribution in [1.82, 2.24) is 10.3 Å². The third kappa shape index (κ3) is 6.89. The number of aryl methyl sites for hydroxylation is 1. The number of carbonyl (C=O) groups is 3. The van der Waals surface area contributed by atoms with Crippen LogP contribution in [-0.2, 0) is 19.1 Å². The second-order valence-electron chi connectivity index (χ2n) is 7.47. The number of amides is 3. The molecule has 3 rings (SSSR count). The van der Waals surface area contributed by atoms with Crippen LogP contribution in [0.1, 0.15) is 31.2 Å². The van der Waals surface area contributed by atoms with E-state index in [0.29, 0.717) is 18.1 Å². The molecule has 8 heteroatoms. The quantitative estimate of drug-likeness (QED) is 0.644. The highest BCUT2D eigenvalue weighted by molar-refractivity contribution is 6.01. The second kappa shape index (κ2) is 11.2. The molecule has 2 heterocycles. The van der Waals surface area contributed by atoms with E-state index in [0.717, 1.165) is 25.0 Å². The Hall–Kier alpha value is -3.26. The summed E-state index contributed by atoms with van der Waals surface area (Å²) >= 11 is 0. The summed E-state index contributed by atoms with van der Waals surface area (Å²) in [4.78, 5) is 43.2. The van der Waals surface area contributed by atoms with Crippen LogP contribution in [0.15, 0.2) is 48.7 Å². The topological polar surface area (TPSA) is 101 Å². The van der Waals surface area contributed by atoms with Crippen LogP contribution in [0.2, 0.25) is 0 Å². The SMILES string of the molecule is Cc1ccccc1N(CC(=O)NC[C@H]1CCCO1)C(=O)CCC(=O)Nc1ccccn1. The van der Waals surface area contributed by atoms with Crippen molar-refractivity contribution >= 4 is 29.2 Å². The highest BCUT2D eigenvalue weighted by atomic mass is 16.5. The lowest BCUT2D eigenvalue weighted by Gasteiger charge is -2.24. The molecule has 0 aliphatic carbocycles. The first-order valence-corrected chi connectivity index (χ1v) is 10.5. The first-order chi connectivity index (χ1) is 15.0. The number of ether oxygens (including phenoxy) is 1. The van der Waals surface area contributed by atoms with Gasteiger partial charge in [-0.25, -0.2) is 4.98 Å². The van der Waals surface area contributed by atoms with Crippen LogP contribution in [0.3, 0.4) is 0 Å². The van der Waals surface area contributed by atoms with Gasteiger partial charge in [-0.3, -0.25) is 14.4 Å². The number of pyridine rings is 1. The van der Waals surface area contributed by atoms with E-state index in [9.17, 15) is 14.4 Å². The van der Waals surface area contributed by atoms with Crippen molar-refractivity contribution < 1.29 is 19.1 Å². The largest absolute Gasteiger partial charge is 0.376 e. The third-order valence-corrected chi connectivity index (χ3v) is 5.06. The number of nitrogens with zero attached hydrogens (tertiary/aromatic N) is 2. The molecule has 0 unspecified atom stereocenters. The Balaban J connectivity index is 1.60. The Labute approximate surface area is 182 Å². The minimum absolute atomic E-state index is 0.00464. The van der Waals surface area contributed by atoms with E-state index in [4.69, 9.17) is 4.74 Å². The number of carbonyl (C=O) groups excluding carboxylic acids is 3. The molecule has 2 N–H and O–H groups in total. The Bertz CT molecular complexity index is 897. The van der Waals surface area contributed by atoms with Gasteiger partial charge in [-0.2, -0.15) is 0 Å². The van der Waals surface area contributed by atoms with E-state index in [1.54, 1.807) is 30.5 Å². The molecule has 8 nitrogen and oxygen atoms in total. The first kappa shape index (κ1) is 22.4. The van der Waals surface area contributed by atoms with Gasteiger partial charge in [-0.1, -0.05) is 24.3 Å². The van der Waals surface area contributed by atoms with E-state index in [-0.39, 0.29) is 43.2 Å². The zero-order valence-electron chi connectivity index (χ0n) is 17.7. The van der Waals surface area contributed by atoms with Gasteiger partial charge in [0, 0.05) is 37.9 Å². The fraction of sp³-hybridized carbons (Fsp3) is 0.391. The van der Waals surface area contributed by atoms with Crippen LogP contribution in [0, 0.1) is 6.92 Å². The van der Waals surface area contributed by atoms with Gasteiger partial charge in [-0.05, 0) is 43.5 Å². The number of rotatable bonds is 9. The molecule has 1 aromatic carbocycles. The van der Waals surface area contributed by atoms with Crippen molar-refractivity contribution in [2.24, 2.45) is 0 Å². The summed E-state index contributed by atoms with van der Waals surface area (Å²) in [6.07, 6.45) is 3.50. The molecule has 0 bridgehead atoms. The maximum Gasteiger partial charge on any atom is 0.240 e. The van der Waals surface area contributed by atoms with E-state index in [1.165, 1.54) is 4.90 Å². The molecule has 2 aromatic rings. The zero-order chi connectivity index (χ0) is 22.1. The molecule has 0 saturated carbocycles. The zero-order valence-corrected chi connectivity index (χ0v) is 17.7. The molecule has 1 atom stereocenters. The molecule has 164 valence electrons. The third-order valence-electron chi connectivity index (χ3n) is 5.06. The number of aromatic nitrogens is 1. The van der Waals surface area contributed by atoms with Crippen LogP contribution >= 0.6 is 0 Å². The van der Waals surface area contributed by atoms with Crippen molar-refractivity contribution in [2.75, 3.05) is 29.9 Å².